The van der Waals surface area contributed by atoms with Gasteiger partial charge in [-0.1, -0.05) is 6.07 Å². The number of carbonyl (C=O) groups is 1. The van der Waals surface area contributed by atoms with Gasteiger partial charge in [0.1, 0.15) is 11.6 Å². The SMILES string of the molecule is O=C(O)c1ccn(Cc2ccc(F)cc2F)c(=O)c1. The van der Waals surface area contributed by atoms with Crippen molar-refractivity contribution < 1.29 is 18.7 Å². The molecule has 2 rings (SSSR count). The monoisotopic (exact) mass is 265 g/mol. The number of aromatic carboxylic acids is 1. The third-order valence-electron chi connectivity index (χ3n) is 2.60. The number of benzene rings is 1. The summed E-state index contributed by atoms with van der Waals surface area (Å²) in [6.07, 6.45) is 1.26. The number of rotatable bonds is 3. The number of carboxylic acids is 1. The van der Waals surface area contributed by atoms with Gasteiger partial charge in [0.25, 0.3) is 5.56 Å². The van der Waals surface area contributed by atoms with E-state index >= 15 is 0 Å². The van der Waals surface area contributed by atoms with Crippen LogP contribution in [0, 0.1) is 11.6 Å². The molecule has 0 aliphatic carbocycles. The van der Waals surface area contributed by atoms with Gasteiger partial charge >= 0.3 is 5.97 Å². The standard InChI is InChI=1S/C13H9F2NO3/c14-10-2-1-9(11(15)6-10)7-16-4-3-8(13(18)19)5-12(16)17/h1-6H,7H2,(H,18,19). The first kappa shape index (κ1) is 12.9. The highest BCUT2D eigenvalue weighted by Gasteiger charge is 2.08. The summed E-state index contributed by atoms with van der Waals surface area (Å²) >= 11 is 0. The quantitative estimate of drug-likeness (QED) is 0.921. The predicted molar refractivity (Wildman–Crippen MR) is 63.1 cm³/mol. The molecule has 0 saturated heterocycles. The zero-order chi connectivity index (χ0) is 14.0. The Hall–Kier alpha value is -2.50. The van der Waals surface area contributed by atoms with E-state index in [4.69, 9.17) is 5.11 Å². The van der Waals surface area contributed by atoms with Gasteiger partial charge in [0.2, 0.25) is 0 Å². The molecule has 0 bridgehead atoms. The molecule has 0 saturated carbocycles. The Labute approximate surface area is 106 Å². The van der Waals surface area contributed by atoms with Crippen molar-refractivity contribution in [2.24, 2.45) is 0 Å². The van der Waals surface area contributed by atoms with Crippen molar-refractivity contribution in [2.45, 2.75) is 6.54 Å². The van der Waals surface area contributed by atoms with Crippen LogP contribution in [-0.2, 0) is 6.54 Å². The summed E-state index contributed by atoms with van der Waals surface area (Å²) in [6.45, 7) is -0.0924. The van der Waals surface area contributed by atoms with Gasteiger partial charge in [-0.15, -0.1) is 0 Å². The van der Waals surface area contributed by atoms with Crippen molar-refractivity contribution in [1.29, 1.82) is 0 Å². The van der Waals surface area contributed by atoms with E-state index in [9.17, 15) is 18.4 Å². The number of carboxylic acid groups (broad SMARTS) is 1. The van der Waals surface area contributed by atoms with Gasteiger partial charge in [0.15, 0.2) is 0 Å². The maximum atomic E-state index is 13.4. The lowest BCUT2D eigenvalue weighted by Gasteiger charge is -2.07. The van der Waals surface area contributed by atoms with Gasteiger partial charge in [-0.2, -0.15) is 0 Å². The van der Waals surface area contributed by atoms with Gasteiger partial charge in [-0.3, -0.25) is 4.79 Å². The highest BCUT2D eigenvalue weighted by molar-refractivity contribution is 5.87. The zero-order valence-corrected chi connectivity index (χ0v) is 9.64. The topological polar surface area (TPSA) is 59.3 Å². The number of hydrogen-bond donors (Lipinski definition) is 1. The molecule has 0 radical (unpaired) electrons. The fraction of sp³-hybridized carbons (Fsp3) is 0.0769. The third kappa shape index (κ3) is 2.85. The minimum atomic E-state index is -1.21. The molecular formula is C13H9F2NO3. The molecule has 1 aromatic carbocycles. The van der Waals surface area contributed by atoms with E-state index in [1.807, 2.05) is 0 Å². The minimum Gasteiger partial charge on any atom is -0.478 e. The van der Waals surface area contributed by atoms with Crippen molar-refractivity contribution in [2.75, 3.05) is 0 Å². The maximum absolute atomic E-state index is 13.4. The van der Waals surface area contributed by atoms with E-state index < -0.39 is 23.2 Å². The molecule has 2 aromatic rings. The lowest BCUT2D eigenvalue weighted by atomic mass is 10.2. The van der Waals surface area contributed by atoms with E-state index in [0.717, 1.165) is 22.8 Å². The van der Waals surface area contributed by atoms with Crippen LogP contribution in [0.25, 0.3) is 0 Å². The number of aromatic nitrogens is 1. The number of nitrogens with zero attached hydrogens (tertiary/aromatic N) is 1. The highest BCUT2D eigenvalue weighted by Crippen LogP contribution is 2.10. The summed E-state index contributed by atoms with van der Waals surface area (Å²) in [7, 11) is 0. The Morgan fingerprint density at radius 3 is 2.53 bits per heavy atom. The fourth-order valence-corrected chi connectivity index (χ4v) is 1.60. The van der Waals surface area contributed by atoms with Gasteiger partial charge in [-0.25, -0.2) is 13.6 Å². The van der Waals surface area contributed by atoms with Crippen LogP contribution in [0.15, 0.2) is 41.3 Å². The number of hydrogen-bond acceptors (Lipinski definition) is 2. The van der Waals surface area contributed by atoms with Crippen LogP contribution in [0.4, 0.5) is 8.78 Å². The summed E-state index contributed by atoms with van der Waals surface area (Å²) in [4.78, 5) is 22.3. The first-order valence-electron chi connectivity index (χ1n) is 5.35. The van der Waals surface area contributed by atoms with E-state index in [0.29, 0.717) is 0 Å². The Bertz CT molecular complexity index is 695. The van der Waals surface area contributed by atoms with Crippen LogP contribution >= 0.6 is 0 Å². The van der Waals surface area contributed by atoms with Crippen LogP contribution in [0.2, 0.25) is 0 Å². The highest BCUT2D eigenvalue weighted by atomic mass is 19.1. The van der Waals surface area contributed by atoms with E-state index in [-0.39, 0.29) is 17.7 Å². The summed E-state index contributed by atoms with van der Waals surface area (Å²) in [5.74, 6) is -2.67. The summed E-state index contributed by atoms with van der Waals surface area (Å²) in [5, 5.41) is 8.71. The molecule has 1 aromatic heterocycles. The van der Waals surface area contributed by atoms with Crippen molar-refractivity contribution in [3.63, 3.8) is 0 Å². The molecule has 1 heterocycles. The van der Waals surface area contributed by atoms with E-state index in [1.165, 1.54) is 18.3 Å². The first-order chi connectivity index (χ1) is 8.97. The molecule has 0 amide bonds. The Morgan fingerprint density at radius 2 is 1.95 bits per heavy atom. The molecule has 1 N–H and O–H groups in total. The number of pyridine rings is 1. The summed E-state index contributed by atoms with van der Waals surface area (Å²) < 4.78 is 27.3. The van der Waals surface area contributed by atoms with Crippen LogP contribution in [0.5, 0.6) is 0 Å². The van der Waals surface area contributed by atoms with Crippen molar-refractivity contribution in [3.05, 3.63) is 69.6 Å². The third-order valence-corrected chi connectivity index (χ3v) is 2.60. The Kier molecular flexibility index (Phi) is 3.41. The molecule has 4 nitrogen and oxygen atoms in total. The lowest BCUT2D eigenvalue weighted by Crippen LogP contribution is -2.21. The Balaban J connectivity index is 2.34. The lowest BCUT2D eigenvalue weighted by molar-refractivity contribution is 0.0696. The number of halogens is 2. The molecule has 0 spiro atoms. The molecule has 0 fully saturated rings. The van der Waals surface area contributed by atoms with Crippen LogP contribution in [0.3, 0.4) is 0 Å². The van der Waals surface area contributed by atoms with Crippen molar-refractivity contribution >= 4 is 5.97 Å². The smallest absolute Gasteiger partial charge is 0.335 e. The summed E-state index contributed by atoms with van der Waals surface area (Å²) in [6, 6.07) is 5.25. The minimum absolute atomic E-state index is 0.0924. The summed E-state index contributed by atoms with van der Waals surface area (Å²) in [5.41, 5.74) is -0.559. The van der Waals surface area contributed by atoms with Gasteiger partial charge in [-0.05, 0) is 12.1 Å². The molecule has 0 unspecified atom stereocenters. The second-order valence-corrected chi connectivity index (χ2v) is 3.92. The second kappa shape index (κ2) is 5.01. The predicted octanol–water partition coefficient (Wildman–Crippen LogP) is 1.87. The first-order valence-corrected chi connectivity index (χ1v) is 5.35. The van der Waals surface area contributed by atoms with Crippen LogP contribution in [-0.4, -0.2) is 15.6 Å². The van der Waals surface area contributed by atoms with Gasteiger partial charge in [0, 0.05) is 23.9 Å². The van der Waals surface area contributed by atoms with E-state index in [1.54, 1.807) is 0 Å². The zero-order valence-electron chi connectivity index (χ0n) is 9.64. The normalized spacial score (nSPS) is 10.4. The average Bonchev–Trinajstić information content (AvgIpc) is 2.34. The molecular weight excluding hydrogens is 256 g/mol. The van der Waals surface area contributed by atoms with Gasteiger partial charge < -0.3 is 9.67 Å². The largest absolute Gasteiger partial charge is 0.478 e. The van der Waals surface area contributed by atoms with Crippen LogP contribution < -0.4 is 5.56 Å². The molecule has 6 heteroatoms. The van der Waals surface area contributed by atoms with Crippen molar-refractivity contribution in [1.82, 2.24) is 4.57 Å². The molecule has 98 valence electrons. The van der Waals surface area contributed by atoms with Gasteiger partial charge in [0.05, 0.1) is 12.1 Å². The fourth-order valence-electron chi connectivity index (χ4n) is 1.60. The van der Waals surface area contributed by atoms with Crippen molar-refractivity contribution in [3.8, 4) is 0 Å². The maximum Gasteiger partial charge on any atom is 0.335 e. The second-order valence-electron chi connectivity index (χ2n) is 3.92. The molecule has 0 aliphatic rings. The van der Waals surface area contributed by atoms with E-state index in [2.05, 4.69) is 0 Å². The van der Waals surface area contributed by atoms with Crippen LogP contribution in [0.1, 0.15) is 15.9 Å². The Morgan fingerprint density at radius 1 is 1.21 bits per heavy atom. The molecule has 19 heavy (non-hydrogen) atoms. The molecule has 0 aliphatic heterocycles. The average molecular weight is 265 g/mol. The molecule has 0 atom stereocenters.